The molecule has 3 N–H and O–H groups in total. The van der Waals surface area contributed by atoms with Crippen molar-refractivity contribution in [2.45, 2.75) is 143 Å². The monoisotopic (exact) mass is 582 g/mol. The summed E-state index contributed by atoms with van der Waals surface area (Å²) < 4.78 is 0.239. The first-order chi connectivity index (χ1) is 19.7. The molecule has 0 aliphatic carbocycles. The van der Waals surface area contributed by atoms with E-state index in [-0.39, 0.29) is 24.1 Å². The lowest BCUT2D eigenvalue weighted by molar-refractivity contribution is -0.935. The van der Waals surface area contributed by atoms with Crippen LogP contribution in [-0.2, 0) is 14.4 Å². The zero-order valence-corrected chi connectivity index (χ0v) is 27.0. The second-order valence-electron chi connectivity index (χ2n) is 12.2. The Morgan fingerprint density at radius 1 is 0.512 bits per heavy atom. The normalized spacial score (nSPS) is 15.4. The molecule has 0 bridgehead atoms. The van der Waals surface area contributed by atoms with E-state index in [0.29, 0.717) is 25.8 Å². The molecular weight excluding hydrogens is 518 g/mol. The van der Waals surface area contributed by atoms with E-state index in [1.807, 2.05) is 20.8 Å². The minimum absolute atomic E-state index is 0.239. The number of hydrogen-bond donors (Lipinski definition) is 3. The predicted octanol–water partition coefficient (Wildman–Crippen LogP) is 8.56. The van der Waals surface area contributed by atoms with Crippen LogP contribution in [-0.4, -0.2) is 63.9 Å². The third-order valence-electron chi connectivity index (χ3n) is 8.74. The standard InChI is InChI=1S/C34H63NO6/c1-5-9-10-11-12-13-14-15-16-17-18-19-20-21-22-23-24-25-35(26-29(6-2)32(36)37,27-30(7-3)33(38)39)28-31(8-4)34(40)41/h20-21,29-31H,5-19,22-28H2,1-4H3,(H2-,36,37,38,39,40,41)/p+1/b21-20+. The van der Waals surface area contributed by atoms with Crippen LogP contribution in [0.3, 0.4) is 0 Å². The highest BCUT2D eigenvalue weighted by Gasteiger charge is 2.40. The van der Waals surface area contributed by atoms with E-state index >= 15 is 0 Å². The Labute approximate surface area is 251 Å². The highest BCUT2D eigenvalue weighted by molar-refractivity contribution is 5.71. The van der Waals surface area contributed by atoms with E-state index in [9.17, 15) is 29.7 Å². The van der Waals surface area contributed by atoms with Gasteiger partial charge in [-0.2, -0.15) is 0 Å². The van der Waals surface area contributed by atoms with Crippen molar-refractivity contribution in [1.82, 2.24) is 0 Å². The third kappa shape index (κ3) is 19.0. The Balaban J connectivity index is 4.85. The van der Waals surface area contributed by atoms with Crippen molar-refractivity contribution in [1.29, 1.82) is 0 Å². The molecule has 0 fully saturated rings. The van der Waals surface area contributed by atoms with Crippen LogP contribution in [0.5, 0.6) is 0 Å². The average Bonchev–Trinajstić information content (AvgIpc) is 2.94. The molecule has 0 saturated carbocycles. The van der Waals surface area contributed by atoms with Crippen LogP contribution < -0.4 is 0 Å². The van der Waals surface area contributed by atoms with Crippen molar-refractivity contribution in [2.75, 3.05) is 26.2 Å². The summed E-state index contributed by atoms with van der Waals surface area (Å²) in [4.78, 5) is 35.9. The molecular formula is C34H64NO6+. The summed E-state index contributed by atoms with van der Waals surface area (Å²) in [6, 6.07) is 0. The van der Waals surface area contributed by atoms with E-state index in [1.54, 1.807) is 0 Å². The molecule has 0 rings (SSSR count). The summed E-state index contributed by atoms with van der Waals surface area (Å²) in [5.74, 6) is -4.57. The lowest BCUT2D eigenvalue weighted by Gasteiger charge is -2.43. The maximum atomic E-state index is 12.0. The topological polar surface area (TPSA) is 112 Å². The molecule has 41 heavy (non-hydrogen) atoms. The van der Waals surface area contributed by atoms with Gasteiger partial charge in [0.25, 0.3) is 0 Å². The van der Waals surface area contributed by atoms with Gasteiger partial charge in [0.2, 0.25) is 0 Å². The van der Waals surface area contributed by atoms with Crippen molar-refractivity contribution in [3.8, 4) is 0 Å². The Bertz CT molecular complexity index is 662. The van der Waals surface area contributed by atoms with Gasteiger partial charge in [-0.1, -0.05) is 104 Å². The van der Waals surface area contributed by atoms with E-state index in [4.69, 9.17) is 0 Å². The Hall–Kier alpha value is -1.89. The summed E-state index contributed by atoms with van der Waals surface area (Å²) in [6.45, 7) is 9.17. The van der Waals surface area contributed by atoms with Gasteiger partial charge in [0, 0.05) is 0 Å². The fraction of sp³-hybridized carbons (Fsp3) is 0.853. The molecule has 3 unspecified atom stereocenters. The number of quaternary nitrogens is 1. The molecule has 0 spiro atoms. The summed E-state index contributed by atoms with van der Waals surface area (Å²) >= 11 is 0. The molecule has 0 aliphatic heterocycles. The van der Waals surface area contributed by atoms with Gasteiger partial charge in [0.15, 0.2) is 0 Å². The third-order valence-corrected chi connectivity index (χ3v) is 8.74. The van der Waals surface area contributed by atoms with Gasteiger partial charge < -0.3 is 19.8 Å². The van der Waals surface area contributed by atoms with Crippen LogP contribution in [0.4, 0.5) is 0 Å². The SMILES string of the molecule is CCCCCCCCCCCCC/C=C/CCCC[N+](CC(CC)C(=O)O)(CC(CC)C(=O)O)CC(CC)C(=O)O. The van der Waals surface area contributed by atoms with Crippen LogP contribution >= 0.6 is 0 Å². The first kappa shape index (κ1) is 39.1. The van der Waals surface area contributed by atoms with Crippen molar-refractivity contribution in [3.63, 3.8) is 0 Å². The quantitative estimate of drug-likeness (QED) is 0.0463. The van der Waals surface area contributed by atoms with Crippen LogP contribution in [0.25, 0.3) is 0 Å². The van der Waals surface area contributed by atoms with Crippen molar-refractivity contribution in [2.24, 2.45) is 17.8 Å². The first-order valence-corrected chi connectivity index (χ1v) is 16.8. The number of carboxylic acids is 3. The molecule has 0 aromatic carbocycles. The molecule has 0 heterocycles. The minimum Gasteiger partial charge on any atom is -0.481 e. The van der Waals surface area contributed by atoms with E-state index in [1.165, 1.54) is 70.6 Å². The molecule has 0 saturated heterocycles. The molecule has 7 heteroatoms. The van der Waals surface area contributed by atoms with Crippen LogP contribution in [0.1, 0.15) is 143 Å². The summed E-state index contributed by atoms with van der Waals surface area (Å²) in [5.41, 5.74) is 0. The van der Waals surface area contributed by atoms with Gasteiger partial charge in [-0.3, -0.25) is 14.4 Å². The second kappa shape index (κ2) is 24.7. The maximum absolute atomic E-state index is 12.0. The molecule has 3 atom stereocenters. The number of unbranched alkanes of at least 4 members (excludes halogenated alkanes) is 13. The zero-order chi connectivity index (χ0) is 30.9. The number of allylic oxidation sites excluding steroid dienone is 2. The fourth-order valence-electron chi connectivity index (χ4n) is 5.92. The van der Waals surface area contributed by atoms with E-state index in [2.05, 4.69) is 19.1 Å². The summed E-state index contributed by atoms with van der Waals surface area (Å²) in [5, 5.41) is 29.4. The highest BCUT2D eigenvalue weighted by Crippen LogP contribution is 2.25. The number of aliphatic carboxylic acids is 3. The number of carbonyl (C=O) groups is 3. The number of hydrogen-bond acceptors (Lipinski definition) is 3. The van der Waals surface area contributed by atoms with Crippen LogP contribution in [0, 0.1) is 17.8 Å². The fourth-order valence-corrected chi connectivity index (χ4v) is 5.92. The first-order valence-electron chi connectivity index (χ1n) is 16.8. The lowest BCUT2D eigenvalue weighted by atomic mass is 9.95. The van der Waals surface area contributed by atoms with Crippen LogP contribution in [0.15, 0.2) is 12.2 Å². The van der Waals surface area contributed by atoms with Gasteiger partial charge in [-0.25, -0.2) is 0 Å². The number of carboxylic acid groups (broad SMARTS) is 3. The molecule has 0 aliphatic rings. The molecule has 0 radical (unpaired) electrons. The van der Waals surface area contributed by atoms with Gasteiger partial charge in [-0.05, 0) is 51.4 Å². The van der Waals surface area contributed by atoms with E-state index < -0.39 is 35.7 Å². The molecule has 0 aromatic rings. The molecule has 7 nitrogen and oxygen atoms in total. The molecule has 0 amide bonds. The highest BCUT2D eigenvalue weighted by atomic mass is 16.4. The smallest absolute Gasteiger partial charge is 0.312 e. The lowest BCUT2D eigenvalue weighted by Crippen LogP contribution is -2.58. The number of nitrogens with zero attached hydrogens (tertiary/aromatic N) is 1. The van der Waals surface area contributed by atoms with Crippen molar-refractivity contribution in [3.05, 3.63) is 12.2 Å². The predicted molar refractivity (Wildman–Crippen MR) is 168 cm³/mol. The molecule has 0 aromatic heterocycles. The Kier molecular flexibility index (Phi) is 23.5. The van der Waals surface area contributed by atoms with Crippen molar-refractivity contribution < 1.29 is 34.2 Å². The molecule has 240 valence electrons. The van der Waals surface area contributed by atoms with Gasteiger partial charge in [0.05, 0.1) is 26.2 Å². The zero-order valence-electron chi connectivity index (χ0n) is 27.0. The summed E-state index contributed by atoms with van der Waals surface area (Å²) in [6.07, 6.45) is 24.3. The largest absolute Gasteiger partial charge is 0.481 e. The van der Waals surface area contributed by atoms with Gasteiger partial charge >= 0.3 is 17.9 Å². The minimum atomic E-state index is -0.896. The Morgan fingerprint density at radius 3 is 1.15 bits per heavy atom. The Morgan fingerprint density at radius 2 is 0.829 bits per heavy atom. The van der Waals surface area contributed by atoms with Gasteiger partial charge in [-0.15, -0.1) is 0 Å². The van der Waals surface area contributed by atoms with Crippen LogP contribution in [0.2, 0.25) is 0 Å². The van der Waals surface area contributed by atoms with E-state index in [0.717, 1.165) is 25.7 Å². The maximum Gasteiger partial charge on any atom is 0.312 e. The number of rotatable bonds is 29. The summed E-state index contributed by atoms with van der Waals surface area (Å²) in [7, 11) is 0. The average molecular weight is 583 g/mol. The van der Waals surface area contributed by atoms with Gasteiger partial charge in [0.1, 0.15) is 17.8 Å². The second-order valence-corrected chi connectivity index (χ2v) is 12.2. The van der Waals surface area contributed by atoms with Crippen molar-refractivity contribution >= 4 is 17.9 Å².